The molecule has 3 rings (SSSR count). The average Bonchev–Trinajstić information content (AvgIpc) is 2.92. The number of anilines is 1. The Labute approximate surface area is 238 Å². The Kier molecular flexibility index (Phi) is 10.3. The van der Waals surface area contributed by atoms with E-state index in [1.807, 2.05) is 64.1 Å². The maximum atomic E-state index is 14.0. The van der Waals surface area contributed by atoms with Crippen LogP contribution in [0.25, 0.3) is 0 Å². The summed E-state index contributed by atoms with van der Waals surface area (Å²) in [5.41, 5.74) is 2.96. The van der Waals surface area contributed by atoms with Crippen molar-refractivity contribution in [2.45, 2.75) is 58.0 Å². The third-order valence-corrected chi connectivity index (χ3v) is 8.35. The summed E-state index contributed by atoms with van der Waals surface area (Å²) in [7, 11) is -2.72. The lowest BCUT2D eigenvalue weighted by Crippen LogP contribution is -2.53. The normalized spacial score (nSPS) is 12.1. The Balaban J connectivity index is 2.05. The van der Waals surface area contributed by atoms with Crippen molar-refractivity contribution in [1.29, 1.82) is 0 Å². The van der Waals surface area contributed by atoms with E-state index < -0.39 is 28.5 Å². The number of nitrogens with one attached hydrogen (secondary N) is 1. The van der Waals surface area contributed by atoms with Crippen molar-refractivity contribution in [2.75, 3.05) is 24.5 Å². The van der Waals surface area contributed by atoms with Crippen molar-refractivity contribution in [2.24, 2.45) is 0 Å². The van der Waals surface area contributed by atoms with Gasteiger partial charge in [-0.1, -0.05) is 54.1 Å². The SMILES string of the molecule is COc1ccc(C)cc1N(CC(=O)N(CCc1ccccc1)C(C)C(=O)NC(C)C)S(=O)(=O)c1ccc(C)cc1. The van der Waals surface area contributed by atoms with E-state index in [2.05, 4.69) is 5.32 Å². The van der Waals surface area contributed by atoms with E-state index in [9.17, 15) is 18.0 Å². The lowest BCUT2D eigenvalue weighted by molar-refractivity contribution is -0.139. The number of amides is 2. The Morgan fingerprint density at radius 1 is 0.900 bits per heavy atom. The summed E-state index contributed by atoms with van der Waals surface area (Å²) in [6.07, 6.45) is 0.504. The van der Waals surface area contributed by atoms with Gasteiger partial charge in [0, 0.05) is 12.6 Å². The molecule has 9 heteroatoms. The second-order valence-electron chi connectivity index (χ2n) is 10.2. The van der Waals surface area contributed by atoms with Gasteiger partial charge in [-0.05, 0) is 76.4 Å². The summed E-state index contributed by atoms with van der Waals surface area (Å²) >= 11 is 0. The van der Waals surface area contributed by atoms with E-state index in [1.54, 1.807) is 31.2 Å². The number of methoxy groups -OCH3 is 1. The first-order valence-corrected chi connectivity index (χ1v) is 14.8. The monoisotopic (exact) mass is 565 g/mol. The van der Waals surface area contributed by atoms with Crippen molar-refractivity contribution >= 4 is 27.5 Å². The molecular weight excluding hydrogens is 526 g/mol. The highest BCUT2D eigenvalue weighted by molar-refractivity contribution is 7.92. The molecule has 0 aromatic heterocycles. The number of carbonyl (C=O) groups excluding carboxylic acids is 2. The van der Waals surface area contributed by atoms with Gasteiger partial charge in [-0.15, -0.1) is 0 Å². The van der Waals surface area contributed by atoms with Gasteiger partial charge in [0.1, 0.15) is 18.3 Å². The number of hydrogen-bond donors (Lipinski definition) is 1. The van der Waals surface area contributed by atoms with Crippen LogP contribution >= 0.6 is 0 Å². The van der Waals surface area contributed by atoms with Crippen molar-refractivity contribution < 1.29 is 22.7 Å². The quantitative estimate of drug-likeness (QED) is 0.349. The fraction of sp³-hybridized carbons (Fsp3) is 0.355. The maximum Gasteiger partial charge on any atom is 0.264 e. The highest BCUT2D eigenvalue weighted by Crippen LogP contribution is 2.33. The number of ether oxygens (including phenoxy) is 1. The van der Waals surface area contributed by atoms with Gasteiger partial charge >= 0.3 is 0 Å². The Bertz CT molecular complexity index is 1410. The molecule has 0 radical (unpaired) electrons. The highest BCUT2D eigenvalue weighted by atomic mass is 32.2. The summed E-state index contributed by atoms with van der Waals surface area (Å²) in [5, 5.41) is 2.86. The lowest BCUT2D eigenvalue weighted by Gasteiger charge is -2.32. The van der Waals surface area contributed by atoms with Crippen LogP contribution < -0.4 is 14.4 Å². The first-order valence-electron chi connectivity index (χ1n) is 13.3. The fourth-order valence-electron chi connectivity index (χ4n) is 4.32. The van der Waals surface area contributed by atoms with Gasteiger partial charge in [-0.25, -0.2) is 8.42 Å². The zero-order chi connectivity index (χ0) is 29.4. The molecule has 0 fully saturated rings. The number of nitrogens with zero attached hydrogens (tertiary/aromatic N) is 2. The topological polar surface area (TPSA) is 96.0 Å². The van der Waals surface area contributed by atoms with Crippen molar-refractivity contribution in [1.82, 2.24) is 10.2 Å². The second-order valence-corrected chi connectivity index (χ2v) is 12.0. The van der Waals surface area contributed by atoms with E-state index in [4.69, 9.17) is 4.74 Å². The number of hydrogen-bond acceptors (Lipinski definition) is 5. The first kappa shape index (κ1) is 30.7. The minimum atomic E-state index is -4.18. The summed E-state index contributed by atoms with van der Waals surface area (Å²) in [4.78, 5) is 28.5. The molecule has 1 unspecified atom stereocenters. The first-order chi connectivity index (χ1) is 18.9. The number of aryl methyl sites for hydroxylation is 2. The smallest absolute Gasteiger partial charge is 0.264 e. The average molecular weight is 566 g/mol. The summed E-state index contributed by atoms with van der Waals surface area (Å²) in [5.74, 6) is -0.491. The predicted molar refractivity (Wildman–Crippen MR) is 158 cm³/mol. The molecule has 0 heterocycles. The summed E-state index contributed by atoms with van der Waals surface area (Å²) in [6, 6.07) is 20.4. The van der Waals surface area contributed by atoms with Gasteiger partial charge in [0.2, 0.25) is 11.8 Å². The number of rotatable bonds is 12. The maximum absolute atomic E-state index is 14.0. The minimum Gasteiger partial charge on any atom is -0.495 e. The minimum absolute atomic E-state index is 0.0518. The van der Waals surface area contributed by atoms with Crippen LogP contribution in [-0.2, 0) is 26.0 Å². The molecule has 40 heavy (non-hydrogen) atoms. The van der Waals surface area contributed by atoms with E-state index in [1.165, 1.54) is 24.1 Å². The molecule has 0 saturated heterocycles. The molecule has 0 aliphatic heterocycles. The second kappa shape index (κ2) is 13.5. The zero-order valence-corrected chi connectivity index (χ0v) is 24.9. The lowest BCUT2D eigenvalue weighted by atomic mass is 10.1. The van der Waals surface area contributed by atoms with Crippen LogP contribution in [0, 0.1) is 13.8 Å². The molecule has 0 bridgehead atoms. The largest absolute Gasteiger partial charge is 0.495 e. The highest BCUT2D eigenvalue weighted by Gasteiger charge is 2.33. The summed E-state index contributed by atoms with van der Waals surface area (Å²) < 4.78 is 34.7. The van der Waals surface area contributed by atoms with Gasteiger partial charge in [0.25, 0.3) is 10.0 Å². The van der Waals surface area contributed by atoms with Crippen LogP contribution in [-0.4, -0.2) is 57.4 Å². The van der Waals surface area contributed by atoms with E-state index >= 15 is 0 Å². The summed E-state index contributed by atoms with van der Waals surface area (Å²) in [6.45, 7) is 8.79. The number of benzene rings is 3. The van der Waals surface area contributed by atoms with Gasteiger partial charge in [-0.2, -0.15) is 0 Å². The molecule has 0 saturated carbocycles. The molecule has 0 aliphatic carbocycles. The molecule has 3 aromatic carbocycles. The van der Waals surface area contributed by atoms with E-state index in [0.717, 1.165) is 21.0 Å². The molecule has 2 amide bonds. The van der Waals surface area contributed by atoms with E-state index in [-0.39, 0.29) is 29.1 Å². The Morgan fingerprint density at radius 2 is 1.52 bits per heavy atom. The van der Waals surface area contributed by atoms with Crippen LogP contribution in [0.2, 0.25) is 0 Å². The predicted octanol–water partition coefficient (Wildman–Crippen LogP) is 4.49. The van der Waals surface area contributed by atoms with Crippen LogP contribution in [0.1, 0.15) is 37.5 Å². The molecule has 0 spiro atoms. The van der Waals surface area contributed by atoms with E-state index in [0.29, 0.717) is 12.2 Å². The standard InChI is InChI=1S/C31H39N3O5S/c1-22(2)32-31(36)25(5)33(19-18-26-10-8-7-9-11-26)30(35)21-34(28-20-24(4)14-17-29(28)39-6)40(37,38)27-15-12-23(3)13-16-27/h7-17,20,22,25H,18-19,21H2,1-6H3,(H,32,36). The van der Waals surface area contributed by atoms with Gasteiger partial charge < -0.3 is 15.0 Å². The Hall–Kier alpha value is -3.85. The van der Waals surface area contributed by atoms with Crippen LogP contribution in [0.5, 0.6) is 5.75 Å². The molecule has 8 nitrogen and oxygen atoms in total. The third-order valence-electron chi connectivity index (χ3n) is 6.57. The Morgan fingerprint density at radius 3 is 2.12 bits per heavy atom. The van der Waals surface area contributed by atoms with Gasteiger partial charge in [0.15, 0.2) is 0 Å². The van der Waals surface area contributed by atoms with Crippen molar-refractivity contribution in [3.63, 3.8) is 0 Å². The van der Waals surface area contributed by atoms with Crippen LogP contribution in [0.3, 0.4) is 0 Å². The van der Waals surface area contributed by atoms with Crippen molar-refractivity contribution in [3.05, 3.63) is 89.5 Å². The third kappa shape index (κ3) is 7.63. The van der Waals surface area contributed by atoms with Gasteiger partial charge in [0.05, 0.1) is 17.7 Å². The number of sulfonamides is 1. The van der Waals surface area contributed by atoms with Crippen LogP contribution in [0.4, 0.5) is 5.69 Å². The molecular formula is C31H39N3O5S. The number of carbonyl (C=O) groups is 2. The van der Waals surface area contributed by atoms with Gasteiger partial charge in [-0.3, -0.25) is 13.9 Å². The molecule has 0 aliphatic rings. The molecule has 1 atom stereocenters. The zero-order valence-electron chi connectivity index (χ0n) is 24.0. The van der Waals surface area contributed by atoms with Crippen LogP contribution in [0.15, 0.2) is 77.7 Å². The molecule has 214 valence electrons. The molecule has 3 aromatic rings. The fourth-order valence-corrected chi connectivity index (χ4v) is 5.74. The van der Waals surface area contributed by atoms with Crippen molar-refractivity contribution in [3.8, 4) is 5.75 Å². The molecule has 1 N–H and O–H groups in total.